The summed E-state index contributed by atoms with van der Waals surface area (Å²) in [7, 11) is 0. The van der Waals surface area contributed by atoms with Crippen LogP contribution in [0.3, 0.4) is 0 Å². The highest BCUT2D eigenvalue weighted by molar-refractivity contribution is 9.10. The van der Waals surface area contributed by atoms with E-state index in [1.807, 2.05) is 19.1 Å². The zero-order valence-electron chi connectivity index (χ0n) is 8.29. The number of nitrogens with zero attached hydrogens (tertiary/aromatic N) is 1. The van der Waals surface area contributed by atoms with Crippen LogP contribution in [0, 0.1) is 6.92 Å². The maximum atomic E-state index is 11.5. The molecule has 1 saturated heterocycles. The lowest BCUT2D eigenvalue weighted by molar-refractivity contribution is -0.121. The first-order chi connectivity index (χ1) is 7.09. The van der Waals surface area contributed by atoms with Gasteiger partial charge < -0.3 is 0 Å². The van der Waals surface area contributed by atoms with Gasteiger partial charge in [0.15, 0.2) is 0 Å². The third-order valence-corrected chi connectivity index (χ3v) is 3.34. The number of anilines is 1. The van der Waals surface area contributed by atoms with Crippen LogP contribution >= 0.6 is 15.9 Å². The Morgan fingerprint density at radius 2 is 1.80 bits per heavy atom. The van der Waals surface area contributed by atoms with E-state index in [4.69, 9.17) is 0 Å². The van der Waals surface area contributed by atoms with Crippen molar-refractivity contribution in [1.29, 1.82) is 0 Å². The number of hydrogen-bond donors (Lipinski definition) is 0. The molecule has 78 valence electrons. The molecule has 4 heteroatoms. The lowest BCUT2D eigenvalue weighted by Crippen LogP contribution is -2.28. The maximum Gasteiger partial charge on any atom is 0.234 e. The molecule has 0 bridgehead atoms. The summed E-state index contributed by atoms with van der Waals surface area (Å²) >= 11 is 3.38. The summed E-state index contributed by atoms with van der Waals surface area (Å²) in [5.74, 6) is -0.219. The number of amides is 2. The van der Waals surface area contributed by atoms with E-state index in [-0.39, 0.29) is 11.8 Å². The SMILES string of the molecule is Cc1cc(N2C(=O)CCC2=O)ccc1Br. The van der Waals surface area contributed by atoms with E-state index in [0.717, 1.165) is 10.0 Å². The highest BCUT2D eigenvalue weighted by Gasteiger charge is 2.30. The summed E-state index contributed by atoms with van der Waals surface area (Å²) in [6, 6.07) is 5.47. The van der Waals surface area contributed by atoms with Gasteiger partial charge in [0.25, 0.3) is 0 Å². The van der Waals surface area contributed by atoms with Crippen molar-refractivity contribution in [2.45, 2.75) is 19.8 Å². The molecule has 1 aromatic carbocycles. The smallest absolute Gasteiger partial charge is 0.234 e. The van der Waals surface area contributed by atoms with Gasteiger partial charge in [-0.25, -0.2) is 0 Å². The molecular formula is C11H10BrNO2. The molecule has 0 radical (unpaired) electrons. The summed E-state index contributed by atoms with van der Waals surface area (Å²) in [5, 5.41) is 0. The molecule has 0 aliphatic carbocycles. The van der Waals surface area contributed by atoms with E-state index in [9.17, 15) is 9.59 Å². The Hall–Kier alpha value is -1.16. The molecular weight excluding hydrogens is 258 g/mol. The van der Waals surface area contributed by atoms with E-state index in [1.54, 1.807) is 6.07 Å². The largest absolute Gasteiger partial charge is 0.274 e. The minimum atomic E-state index is -0.110. The summed E-state index contributed by atoms with van der Waals surface area (Å²) in [6.45, 7) is 1.93. The standard InChI is InChI=1S/C11H10BrNO2/c1-7-6-8(2-3-9(7)12)13-10(14)4-5-11(13)15/h2-3,6H,4-5H2,1H3. The van der Waals surface area contributed by atoms with Crippen molar-refractivity contribution < 1.29 is 9.59 Å². The summed E-state index contributed by atoms with van der Waals surface area (Å²) in [4.78, 5) is 24.2. The molecule has 1 fully saturated rings. The first-order valence-corrected chi connectivity index (χ1v) is 5.51. The van der Waals surface area contributed by atoms with Gasteiger partial charge in [0.2, 0.25) is 11.8 Å². The fourth-order valence-corrected chi connectivity index (χ4v) is 1.88. The van der Waals surface area contributed by atoms with Gasteiger partial charge in [-0.2, -0.15) is 0 Å². The van der Waals surface area contributed by atoms with Crippen molar-refractivity contribution in [1.82, 2.24) is 0 Å². The number of aryl methyl sites for hydroxylation is 1. The van der Waals surface area contributed by atoms with Gasteiger partial charge in [0, 0.05) is 17.3 Å². The fourth-order valence-electron chi connectivity index (χ4n) is 1.63. The van der Waals surface area contributed by atoms with Crippen molar-refractivity contribution in [3.63, 3.8) is 0 Å². The number of carbonyl (C=O) groups excluding carboxylic acids is 2. The van der Waals surface area contributed by atoms with Gasteiger partial charge in [0.1, 0.15) is 0 Å². The molecule has 2 amide bonds. The van der Waals surface area contributed by atoms with Gasteiger partial charge in [0.05, 0.1) is 5.69 Å². The number of imide groups is 1. The predicted molar refractivity (Wildman–Crippen MR) is 60.6 cm³/mol. The molecule has 3 nitrogen and oxygen atoms in total. The van der Waals surface area contributed by atoms with Crippen LogP contribution in [-0.4, -0.2) is 11.8 Å². The van der Waals surface area contributed by atoms with Crippen molar-refractivity contribution in [2.24, 2.45) is 0 Å². The molecule has 0 spiro atoms. The van der Waals surface area contributed by atoms with Gasteiger partial charge in [-0.15, -0.1) is 0 Å². The Morgan fingerprint density at radius 1 is 1.20 bits per heavy atom. The van der Waals surface area contributed by atoms with E-state index in [0.29, 0.717) is 18.5 Å². The second-order valence-corrected chi connectivity index (χ2v) is 4.41. The van der Waals surface area contributed by atoms with Crippen LogP contribution in [0.1, 0.15) is 18.4 Å². The average Bonchev–Trinajstić information content (AvgIpc) is 2.52. The maximum absolute atomic E-state index is 11.5. The molecule has 1 aliphatic rings. The average molecular weight is 268 g/mol. The van der Waals surface area contributed by atoms with Crippen LogP contribution < -0.4 is 4.90 Å². The highest BCUT2D eigenvalue weighted by Crippen LogP contribution is 2.26. The van der Waals surface area contributed by atoms with Crippen molar-refractivity contribution in [3.05, 3.63) is 28.2 Å². The summed E-state index contributed by atoms with van der Waals surface area (Å²) < 4.78 is 0.977. The lowest BCUT2D eigenvalue weighted by atomic mass is 10.2. The number of halogens is 1. The normalized spacial score (nSPS) is 16.3. The van der Waals surface area contributed by atoms with Crippen LogP contribution in [-0.2, 0) is 9.59 Å². The van der Waals surface area contributed by atoms with Crippen molar-refractivity contribution in [2.75, 3.05) is 4.90 Å². The molecule has 0 N–H and O–H groups in total. The zero-order chi connectivity index (χ0) is 11.0. The Kier molecular flexibility index (Phi) is 2.61. The Bertz CT molecular complexity index is 426. The number of carbonyl (C=O) groups is 2. The third kappa shape index (κ3) is 1.81. The first kappa shape index (κ1) is 10.4. The Labute approximate surface area is 96.2 Å². The second-order valence-electron chi connectivity index (χ2n) is 3.56. The molecule has 1 aromatic rings. The van der Waals surface area contributed by atoms with Crippen LogP contribution in [0.2, 0.25) is 0 Å². The number of benzene rings is 1. The van der Waals surface area contributed by atoms with E-state index in [2.05, 4.69) is 15.9 Å². The van der Waals surface area contributed by atoms with E-state index < -0.39 is 0 Å². The van der Waals surface area contributed by atoms with Gasteiger partial charge >= 0.3 is 0 Å². The Morgan fingerprint density at radius 3 is 2.33 bits per heavy atom. The molecule has 0 saturated carbocycles. The Balaban J connectivity index is 2.41. The molecule has 0 aromatic heterocycles. The molecule has 15 heavy (non-hydrogen) atoms. The second kappa shape index (κ2) is 3.77. The van der Waals surface area contributed by atoms with Crippen molar-refractivity contribution >= 4 is 33.4 Å². The van der Waals surface area contributed by atoms with E-state index in [1.165, 1.54) is 4.90 Å². The molecule has 0 atom stereocenters. The van der Waals surface area contributed by atoms with Crippen molar-refractivity contribution in [3.8, 4) is 0 Å². The van der Waals surface area contributed by atoms with Crippen LogP contribution in [0.15, 0.2) is 22.7 Å². The van der Waals surface area contributed by atoms with Gasteiger partial charge in [-0.3, -0.25) is 14.5 Å². The highest BCUT2D eigenvalue weighted by atomic mass is 79.9. The van der Waals surface area contributed by atoms with Crippen LogP contribution in [0.4, 0.5) is 5.69 Å². The minimum Gasteiger partial charge on any atom is -0.274 e. The quantitative estimate of drug-likeness (QED) is 0.733. The molecule has 0 unspecified atom stereocenters. The minimum absolute atomic E-state index is 0.110. The van der Waals surface area contributed by atoms with E-state index >= 15 is 0 Å². The zero-order valence-corrected chi connectivity index (χ0v) is 9.87. The van der Waals surface area contributed by atoms with Crippen LogP contribution in [0.5, 0.6) is 0 Å². The monoisotopic (exact) mass is 267 g/mol. The predicted octanol–water partition coefficient (Wildman–Crippen LogP) is 2.41. The number of rotatable bonds is 1. The summed E-state index contributed by atoms with van der Waals surface area (Å²) in [6.07, 6.45) is 0.655. The third-order valence-electron chi connectivity index (χ3n) is 2.45. The lowest BCUT2D eigenvalue weighted by Gasteiger charge is -2.14. The van der Waals surface area contributed by atoms with Gasteiger partial charge in [-0.1, -0.05) is 15.9 Å². The fraction of sp³-hybridized carbons (Fsp3) is 0.273. The molecule has 1 heterocycles. The summed E-state index contributed by atoms with van der Waals surface area (Å²) in [5.41, 5.74) is 1.68. The molecule has 2 rings (SSSR count). The first-order valence-electron chi connectivity index (χ1n) is 4.71. The number of hydrogen-bond acceptors (Lipinski definition) is 2. The van der Waals surface area contributed by atoms with Crippen LogP contribution in [0.25, 0.3) is 0 Å². The van der Waals surface area contributed by atoms with Gasteiger partial charge in [-0.05, 0) is 30.7 Å². The topological polar surface area (TPSA) is 37.4 Å². The molecule has 1 aliphatic heterocycles.